The van der Waals surface area contributed by atoms with Gasteiger partial charge in [-0.15, -0.1) is 0 Å². The summed E-state index contributed by atoms with van der Waals surface area (Å²) >= 11 is 0. The first-order chi connectivity index (χ1) is 7.79. The SMILES string of the molecule is CC[C@H](C)[C@@H](NC(=O)[C@@H](O)CC(C)C)C(=O)O. The van der Waals surface area contributed by atoms with Crippen LogP contribution in [0.3, 0.4) is 0 Å². The quantitative estimate of drug-likeness (QED) is 0.624. The van der Waals surface area contributed by atoms with Crippen LogP contribution in [-0.2, 0) is 9.59 Å². The summed E-state index contributed by atoms with van der Waals surface area (Å²) < 4.78 is 0. The first-order valence-corrected chi connectivity index (χ1v) is 6.00. The molecule has 0 spiro atoms. The number of rotatable bonds is 7. The third-order valence-electron chi connectivity index (χ3n) is 2.77. The molecule has 3 atom stereocenters. The lowest BCUT2D eigenvalue weighted by molar-refractivity contribution is -0.145. The summed E-state index contributed by atoms with van der Waals surface area (Å²) in [6.07, 6.45) is -0.156. The zero-order chi connectivity index (χ0) is 13.6. The van der Waals surface area contributed by atoms with Crippen molar-refractivity contribution >= 4 is 11.9 Å². The van der Waals surface area contributed by atoms with Gasteiger partial charge in [0.1, 0.15) is 12.1 Å². The second-order valence-electron chi connectivity index (χ2n) is 4.86. The van der Waals surface area contributed by atoms with Gasteiger partial charge in [0.2, 0.25) is 5.91 Å². The van der Waals surface area contributed by atoms with Gasteiger partial charge in [-0.05, 0) is 18.3 Å². The summed E-state index contributed by atoms with van der Waals surface area (Å²) in [6, 6.07) is -0.936. The van der Waals surface area contributed by atoms with Crippen LogP contribution in [0.15, 0.2) is 0 Å². The highest BCUT2D eigenvalue weighted by Gasteiger charge is 2.27. The normalized spacial score (nSPS) is 16.4. The van der Waals surface area contributed by atoms with Crippen molar-refractivity contribution in [2.75, 3.05) is 0 Å². The first-order valence-electron chi connectivity index (χ1n) is 6.00. The third-order valence-corrected chi connectivity index (χ3v) is 2.77. The van der Waals surface area contributed by atoms with Gasteiger partial charge in [-0.25, -0.2) is 4.79 Å². The predicted molar refractivity (Wildman–Crippen MR) is 64.5 cm³/mol. The van der Waals surface area contributed by atoms with Crippen molar-refractivity contribution in [3.8, 4) is 0 Å². The van der Waals surface area contributed by atoms with E-state index in [-0.39, 0.29) is 11.8 Å². The zero-order valence-electron chi connectivity index (χ0n) is 10.9. The molecule has 0 unspecified atom stereocenters. The molecule has 0 fully saturated rings. The van der Waals surface area contributed by atoms with Crippen molar-refractivity contribution in [3.05, 3.63) is 0 Å². The molecule has 0 saturated heterocycles. The summed E-state index contributed by atoms with van der Waals surface area (Å²) in [6.45, 7) is 7.39. The van der Waals surface area contributed by atoms with E-state index in [9.17, 15) is 14.7 Å². The summed E-state index contributed by atoms with van der Waals surface area (Å²) in [5, 5.41) is 20.9. The van der Waals surface area contributed by atoms with E-state index in [4.69, 9.17) is 5.11 Å². The van der Waals surface area contributed by atoms with E-state index in [1.165, 1.54) is 0 Å². The number of aliphatic carboxylic acids is 1. The second-order valence-corrected chi connectivity index (χ2v) is 4.86. The molecule has 5 heteroatoms. The Kier molecular flexibility index (Phi) is 6.80. The van der Waals surface area contributed by atoms with Gasteiger partial charge in [0.25, 0.3) is 0 Å². The Morgan fingerprint density at radius 1 is 1.24 bits per heavy atom. The van der Waals surface area contributed by atoms with Gasteiger partial charge in [-0.3, -0.25) is 4.79 Å². The average Bonchev–Trinajstić information content (AvgIpc) is 2.22. The van der Waals surface area contributed by atoms with Gasteiger partial charge >= 0.3 is 5.97 Å². The molecule has 17 heavy (non-hydrogen) atoms. The topological polar surface area (TPSA) is 86.6 Å². The molecule has 1 amide bonds. The molecule has 0 aliphatic heterocycles. The van der Waals surface area contributed by atoms with E-state index in [0.29, 0.717) is 12.8 Å². The Labute approximate surface area is 102 Å². The van der Waals surface area contributed by atoms with Crippen molar-refractivity contribution in [2.24, 2.45) is 11.8 Å². The number of carbonyl (C=O) groups is 2. The van der Waals surface area contributed by atoms with Crippen LogP contribution in [0.25, 0.3) is 0 Å². The third kappa shape index (κ3) is 5.68. The number of hydrogen-bond acceptors (Lipinski definition) is 3. The minimum absolute atomic E-state index is 0.164. The van der Waals surface area contributed by atoms with Gasteiger partial charge in [0.05, 0.1) is 0 Å². The standard InChI is InChI=1S/C12H23NO4/c1-5-8(4)10(12(16)17)13-11(15)9(14)6-7(2)3/h7-10,14H,5-6H2,1-4H3,(H,13,15)(H,16,17)/t8-,9-,10+/m0/s1. The Morgan fingerprint density at radius 3 is 2.12 bits per heavy atom. The molecule has 0 rings (SSSR count). The molecular weight excluding hydrogens is 222 g/mol. The summed E-state index contributed by atoms with van der Waals surface area (Å²) in [5.74, 6) is -1.65. The predicted octanol–water partition coefficient (Wildman–Crippen LogP) is 1.01. The summed E-state index contributed by atoms with van der Waals surface area (Å²) in [7, 11) is 0. The van der Waals surface area contributed by atoms with E-state index in [1.807, 2.05) is 20.8 Å². The lowest BCUT2D eigenvalue weighted by Gasteiger charge is -2.22. The van der Waals surface area contributed by atoms with Crippen molar-refractivity contribution in [1.29, 1.82) is 0 Å². The molecule has 0 aromatic heterocycles. The molecular formula is C12H23NO4. The molecule has 0 radical (unpaired) electrons. The lowest BCUT2D eigenvalue weighted by atomic mass is 9.98. The molecule has 0 saturated carbocycles. The Balaban J connectivity index is 4.45. The number of carboxylic acid groups (broad SMARTS) is 1. The van der Waals surface area contributed by atoms with Crippen LogP contribution in [0.4, 0.5) is 0 Å². The van der Waals surface area contributed by atoms with Crippen LogP contribution < -0.4 is 5.32 Å². The molecule has 3 N–H and O–H groups in total. The van der Waals surface area contributed by atoms with E-state index in [1.54, 1.807) is 6.92 Å². The number of carbonyl (C=O) groups excluding carboxylic acids is 1. The smallest absolute Gasteiger partial charge is 0.326 e. The molecule has 0 aromatic carbocycles. The fraction of sp³-hybridized carbons (Fsp3) is 0.833. The monoisotopic (exact) mass is 245 g/mol. The maximum absolute atomic E-state index is 11.6. The highest BCUT2D eigenvalue weighted by molar-refractivity contribution is 5.86. The van der Waals surface area contributed by atoms with E-state index >= 15 is 0 Å². The molecule has 0 aromatic rings. The van der Waals surface area contributed by atoms with E-state index in [0.717, 1.165) is 0 Å². The fourth-order valence-electron chi connectivity index (χ4n) is 1.49. The Bertz CT molecular complexity index is 265. The van der Waals surface area contributed by atoms with Crippen molar-refractivity contribution in [2.45, 2.75) is 52.7 Å². The van der Waals surface area contributed by atoms with Gasteiger partial charge in [-0.1, -0.05) is 34.1 Å². The van der Waals surface area contributed by atoms with Crippen LogP contribution in [0.2, 0.25) is 0 Å². The van der Waals surface area contributed by atoms with Gasteiger partial charge in [0, 0.05) is 0 Å². The lowest BCUT2D eigenvalue weighted by Crippen LogP contribution is -2.48. The summed E-state index contributed by atoms with van der Waals surface area (Å²) in [5.41, 5.74) is 0. The molecule has 0 aliphatic carbocycles. The molecule has 5 nitrogen and oxygen atoms in total. The van der Waals surface area contributed by atoms with Crippen molar-refractivity contribution in [1.82, 2.24) is 5.32 Å². The molecule has 0 bridgehead atoms. The molecule has 0 aliphatic rings. The second kappa shape index (κ2) is 7.27. The van der Waals surface area contributed by atoms with Crippen LogP contribution in [0.1, 0.15) is 40.5 Å². The molecule has 0 heterocycles. The van der Waals surface area contributed by atoms with Crippen molar-refractivity contribution < 1.29 is 19.8 Å². The van der Waals surface area contributed by atoms with E-state index < -0.39 is 24.0 Å². The zero-order valence-corrected chi connectivity index (χ0v) is 10.9. The average molecular weight is 245 g/mol. The number of carboxylic acids is 1. The van der Waals surface area contributed by atoms with Gasteiger partial charge in [0.15, 0.2) is 0 Å². The van der Waals surface area contributed by atoms with Crippen LogP contribution in [0.5, 0.6) is 0 Å². The number of hydrogen-bond donors (Lipinski definition) is 3. The number of aliphatic hydroxyl groups excluding tert-OH is 1. The van der Waals surface area contributed by atoms with Crippen LogP contribution >= 0.6 is 0 Å². The highest BCUT2D eigenvalue weighted by atomic mass is 16.4. The van der Waals surface area contributed by atoms with E-state index in [2.05, 4.69) is 5.32 Å². The minimum Gasteiger partial charge on any atom is -0.480 e. The number of aliphatic hydroxyl groups is 1. The maximum atomic E-state index is 11.6. The minimum atomic E-state index is -1.14. The first kappa shape index (κ1) is 15.9. The largest absolute Gasteiger partial charge is 0.480 e. The Morgan fingerprint density at radius 2 is 1.76 bits per heavy atom. The molecule has 100 valence electrons. The van der Waals surface area contributed by atoms with Crippen LogP contribution in [0, 0.1) is 11.8 Å². The Hall–Kier alpha value is -1.10. The van der Waals surface area contributed by atoms with Crippen molar-refractivity contribution in [3.63, 3.8) is 0 Å². The highest BCUT2D eigenvalue weighted by Crippen LogP contribution is 2.10. The number of amides is 1. The van der Waals surface area contributed by atoms with Crippen LogP contribution in [-0.4, -0.2) is 34.2 Å². The number of nitrogens with one attached hydrogen (secondary N) is 1. The maximum Gasteiger partial charge on any atom is 0.326 e. The van der Waals surface area contributed by atoms with Gasteiger partial charge in [-0.2, -0.15) is 0 Å². The van der Waals surface area contributed by atoms with Gasteiger partial charge < -0.3 is 15.5 Å². The fourth-order valence-corrected chi connectivity index (χ4v) is 1.49. The summed E-state index contributed by atoms with van der Waals surface area (Å²) in [4.78, 5) is 22.6.